The molecule has 0 aliphatic carbocycles. The summed E-state index contributed by atoms with van der Waals surface area (Å²) in [5, 5.41) is 21.2. The summed E-state index contributed by atoms with van der Waals surface area (Å²) in [6.07, 6.45) is 1.54. The van der Waals surface area contributed by atoms with Crippen LogP contribution in [0.4, 0.5) is 5.82 Å². The maximum absolute atomic E-state index is 9.23. The lowest BCUT2D eigenvalue weighted by molar-refractivity contribution is 0.692. The number of rotatable bonds is 4. The molecular formula is C14H17ClN6. The Morgan fingerprint density at radius 1 is 1.43 bits per heavy atom. The van der Waals surface area contributed by atoms with E-state index >= 15 is 0 Å². The fourth-order valence-corrected chi connectivity index (χ4v) is 2.19. The monoisotopic (exact) mass is 304 g/mol. The topological polar surface area (TPSA) is 79.4 Å². The van der Waals surface area contributed by atoms with Gasteiger partial charge < -0.3 is 9.88 Å². The molecule has 0 saturated carbocycles. The summed E-state index contributed by atoms with van der Waals surface area (Å²) in [7, 11) is 1.93. The van der Waals surface area contributed by atoms with Crippen molar-refractivity contribution in [3.05, 3.63) is 34.0 Å². The first-order chi connectivity index (χ1) is 9.95. The molecule has 2 aromatic heterocycles. The number of anilines is 1. The van der Waals surface area contributed by atoms with Crippen molar-refractivity contribution in [3.63, 3.8) is 0 Å². The lowest BCUT2D eigenvalue weighted by atomic mass is 10.1. The van der Waals surface area contributed by atoms with Crippen molar-refractivity contribution < 1.29 is 0 Å². The van der Waals surface area contributed by atoms with E-state index in [1.165, 1.54) is 6.20 Å². The Kier molecular flexibility index (Phi) is 4.43. The van der Waals surface area contributed by atoms with Gasteiger partial charge in [0.15, 0.2) is 5.82 Å². The highest BCUT2D eigenvalue weighted by atomic mass is 35.5. The van der Waals surface area contributed by atoms with Crippen molar-refractivity contribution in [2.24, 2.45) is 7.05 Å². The first-order valence-corrected chi connectivity index (χ1v) is 7.00. The predicted octanol–water partition coefficient (Wildman–Crippen LogP) is 2.78. The molecule has 0 amide bonds. The van der Waals surface area contributed by atoms with Crippen LogP contribution in [0.2, 0.25) is 5.02 Å². The quantitative estimate of drug-likeness (QED) is 0.939. The minimum Gasteiger partial charge on any atom is -0.362 e. The van der Waals surface area contributed by atoms with Gasteiger partial charge in [-0.1, -0.05) is 25.4 Å². The summed E-state index contributed by atoms with van der Waals surface area (Å²) in [5.41, 5.74) is 1.17. The molecule has 2 rings (SSSR count). The molecule has 6 nitrogen and oxygen atoms in total. The molecule has 0 spiro atoms. The van der Waals surface area contributed by atoms with Crippen molar-refractivity contribution in [2.75, 3.05) is 5.32 Å². The molecule has 0 fully saturated rings. The van der Waals surface area contributed by atoms with Gasteiger partial charge in [-0.25, -0.2) is 4.98 Å². The van der Waals surface area contributed by atoms with Gasteiger partial charge in [-0.3, -0.25) is 0 Å². The highest BCUT2D eigenvalue weighted by molar-refractivity contribution is 6.31. The van der Waals surface area contributed by atoms with Crippen LogP contribution in [0.5, 0.6) is 0 Å². The van der Waals surface area contributed by atoms with E-state index in [0.29, 0.717) is 28.9 Å². The Morgan fingerprint density at radius 3 is 2.71 bits per heavy atom. The Bertz CT molecular complexity index is 698. The molecule has 2 aromatic rings. The van der Waals surface area contributed by atoms with E-state index in [1.807, 2.05) is 11.6 Å². The largest absolute Gasteiger partial charge is 0.362 e. The number of pyridine rings is 1. The lowest BCUT2D eigenvalue weighted by Crippen LogP contribution is -2.10. The molecule has 110 valence electrons. The predicted molar refractivity (Wildman–Crippen MR) is 81.1 cm³/mol. The Morgan fingerprint density at radius 2 is 2.14 bits per heavy atom. The van der Waals surface area contributed by atoms with Crippen LogP contribution in [0, 0.1) is 18.3 Å². The van der Waals surface area contributed by atoms with E-state index in [1.54, 1.807) is 6.92 Å². The number of hydrogen-bond donors (Lipinski definition) is 1. The Hall–Kier alpha value is -2.13. The second-order valence-electron chi connectivity index (χ2n) is 5.11. The van der Waals surface area contributed by atoms with Crippen LogP contribution in [0.3, 0.4) is 0 Å². The fourth-order valence-electron chi connectivity index (χ4n) is 2.05. The molecule has 0 aliphatic rings. The zero-order valence-corrected chi connectivity index (χ0v) is 13.2. The van der Waals surface area contributed by atoms with Gasteiger partial charge in [-0.2, -0.15) is 5.26 Å². The third-order valence-electron chi connectivity index (χ3n) is 3.32. The highest BCUT2D eigenvalue weighted by Gasteiger charge is 2.14. The van der Waals surface area contributed by atoms with E-state index in [0.717, 1.165) is 17.2 Å². The average Bonchev–Trinajstić information content (AvgIpc) is 2.81. The molecule has 0 radical (unpaired) electrons. The Balaban J connectivity index is 2.22. The summed E-state index contributed by atoms with van der Waals surface area (Å²) in [6.45, 7) is 6.38. The SMILES string of the molecule is Cc1c(Cl)cnc(NCc2nnc(C(C)C)n2C)c1C#N. The van der Waals surface area contributed by atoms with Gasteiger partial charge in [-0.05, 0) is 12.5 Å². The van der Waals surface area contributed by atoms with Crippen LogP contribution in [0.1, 0.15) is 42.5 Å². The number of hydrogen-bond acceptors (Lipinski definition) is 5. The molecule has 0 unspecified atom stereocenters. The third-order valence-corrected chi connectivity index (χ3v) is 3.70. The van der Waals surface area contributed by atoms with Crippen molar-refractivity contribution in [3.8, 4) is 6.07 Å². The average molecular weight is 305 g/mol. The number of aromatic nitrogens is 4. The van der Waals surface area contributed by atoms with E-state index in [-0.39, 0.29) is 0 Å². The van der Waals surface area contributed by atoms with Crippen molar-refractivity contribution in [1.82, 2.24) is 19.7 Å². The van der Waals surface area contributed by atoms with Gasteiger partial charge in [-0.15, -0.1) is 10.2 Å². The zero-order chi connectivity index (χ0) is 15.6. The van der Waals surface area contributed by atoms with Gasteiger partial charge in [0.1, 0.15) is 17.7 Å². The number of nitriles is 1. The smallest absolute Gasteiger partial charge is 0.152 e. The summed E-state index contributed by atoms with van der Waals surface area (Å²) < 4.78 is 1.95. The second kappa shape index (κ2) is 6.10. The van der Waals surface area contributed by atoms with Gasteiger partial charge in [0.05, 0.1) is 17.1 Å². The molecule has 7 heteroatoms. The number of nitrogens with zero attached hydrogens (tertiary/aromatic N) is 5. The van der Waals surface area contributed by atoms with Crippen molar-refractivity contribution in [2.45, 2.75) is 33.2 Å². The molecule has 0 bridgehead atoms. The Labute approximate surface area is 128 Å². The molecule has 2 heterocycles. The summed E-state index contributed by atoms with van der Waals surface area (Å²) in [6, 6.07) is 2.13. The molecule has 0 atom stereocenters. The van der Waals surface area contributed by atoms with Crippen LogP contribution < -0.4 is 5.32 Å². The van der Waals surface area contributed by atoms with Crippen LogP contribution in [0.25, 0.3) is 0 Å². The first-order valence-electron chi connectivity index (χ1n) is 6.63. The normalized spacial score (nSPS) is 10.7. The van der Waals surface area contributed by atoms with E-state index in [4.69, 9.17) is 11.6 Å². The van der Waals surface area contributed by atoms with Crippen LogP contribution in [0.15, 0.2) is 6.20 Å². The van der Waals surface area contributed by atoms with E-state index in [9.17, 15) is 5.26 Å². The van der Waals surface area contributed by atoms with Crippen molar-refractivity contribution >= 4 is 17.4 Å². The number of halogens is 1. The summed E-state index contributed by atoms with van der Waals surface area (Å²) >= 11 is 5.98. The van der Waals surface area contributed by atoms with E-state index < -0.39 is 0 Å². The van der Waals surface area contributed by atoms with Crippen LogP contribution in [-0.2, 0) is 13.6 Å². The molecule has 0 aliphatic heterocycles. The zero-order valence-electron chi connectivity index (χ0n) is 12.5. The molecule has 21 heavy (non-hydrogen) atoms. The minimum absolute atomic E-state index is 0.307. The maximum atomic E-state index is 9.23. The molecule has 0 aromatic carbocycles. The van der Waals surface area contributed by atoms with Crippen LogP contribution >= 0.6 is 11.6 Å². The van der Waals surface area contributed by atoms with Crippen molar-refractivity contribution in [1.29, 1.82) is 5.26 Å². The number of nitrogens with one attached hydrogen (secondary N) is 1. The minimum atomic E-state index is 0.307. The molecule has 1 N–H and O–H groups in total. The first kappa shape index (κ1) is 15.3. The standard InChI is InChI=1S/C14H17ClN6/c1-8(2)14-20-19-12(21(14)4)7-18-13-10(5-16)9(3)11(15)6-17-13/h6,8H,7H2,1-4H3,(H,17,18). The third kappa shape index (κ3) is 2.98. The summed E-state index contributed by atoms with van der Waals surface area (Å²) in [5.74, 6) is 2.53. The maximum Gasteiger partial charge on any atom is 0.152 e. The molecule has 0 saturated heterocycles. The highest BCUT2D eigenvalue weighted by Crippen LogP contribution is 2.23. The van der Waals surface area contributed by atoms with Gasteiger partial charge in [0, 0.05) is 19.2 Å². The lowest BCUT2D eigenvalue weighted by Gasteiger charge is -2.10. The van der Waals surface area contributed by atoms with Crippen LogP contribution in [-0.4, -0.2) is 19.7 Å². The van der Waals surface area contributed by atoms with Gasteiger partial charge >= 0.3 is 0 Å². The van der Waals surface area contributed by atoms with Gasteiger partial charge in [0.2, 0.25) is 0 Å². The van der Waals surface area contributed by atoms with Gasteiger partial charge in [0.25, 0.3) is 0 Å². The van der Waals surface area contributed by atoms with E-state index in [2.05, 4.69) is 40.4 Å². The second-order valence-corrected chi connectivity index (χ2v) is 5.52. The fraction of sp³-hybridized carbons (Fsp3) is 0.429. The molecular weight excluding hydrogens is 288 g/mol. The summed E-state index contributed by atoms with van der Waals surface area (Å²) in [4.78, 5) is 4.17.